The Morgan fingerprint density at radius 3 is 2.71 bits per heavy atom. The summed E-state index contributed by atoms with van der Waals surface area (Å²) < 4.78 is 1.16. The zero-order valence-electron chi connectivity index (χ0n) is 12.9. The van der Waals surface area contributed by atoms with Gasteiger partial charge in [-0.05, 0) is 48.9 Å². The molecule has 5 heteroatoms. The summed E-state index contributed by atoms with van der Waals surface area (Å²) in [5, 5.41) is 3.90. The Hall–Kier alpha value is -2.50. The molecule has 24 heavy (non-hydrogen) atoms. The van der Waals surface area contributed by atoms with Gasteiger partial charge in [0.15, 0.2) is 0 Å². The fraction of sp³-hybridized carbons (Fsp3) is 0.0526. The average molecular weight is 350 g/mol. The number of thiophene rings is 1. The topological polar surface area (TPSA) is 42.0 Å². The number of carbonyl (C=O) groups is 1. The highest BCUT2D eigenvalue weighted by Gasteiger charge is 2.13. The van der Waals surface area contributed by atoms with Gasteiger partial charge < -0.3 is 5.32 Å². The molecule has 2 aromatic heterocycles. The lowest BCUT2D eigenvalue weighted by Gasteiger charge is -2.03. The zero-order valence-corrected chi connectivity index (χ0v) is 14.6. The first-order chi connectivity index (χ1) is 11.7. The molecule has 0 aliphatic rings. The molecular formula is C19H14N2OS2. The Morgan fingerprint density at radius 1 is 1.00 bits per heavy atom. The molecule has 0 aliphatic carbocycles. The number of aromatic nitrogens is 1. The van der Waals surface area contributed by atoms with Crippen molar-refractivity contribution in [3.8, 4) is 9.88 Å². The standard InChI is InChI=1S/C19H14N2OS2/c1-12-5-4-6-13(11-12)20-18(22)16-9-10-17(23-16)19-21-14-7-2-3-8-15(14)24-19/h2-11H,1H3,(H,20,22). The lowest BCUT2D eigenvalue weighted by Crippen LogP contribution is -2.09. The van der Waals surface area contributed by atoms with Crippen molar-refractivity contribution in [2.24, 2.45) is 0 Å². The summed E-state index contributed by atoms with van der Waals surface area (Å²) in [5.74, 6) is -0.0852. The molecule has 4 aromatic rings. The van der Waals surface area contributed by atoms with Gasteiger partial charge in [-0.3, -0.25) is 4.79 Å². The van der Waals surface area contributed by atoms with Crippen LogP contribution in [-0.4, -0.2) is 10.9 Å². The molecular weight excluding hydrogens is 336 g/mol. The maximum atomic E-state index is 12.4. The summed E-state index contributed by atoms with van der Waals surface area (Å²) >= 11 is 3.12. The van der Waals surface area contributed by atoms with Gasteiger partial charge in [0.2, 0.25) is 0 Å². The van der Waals surface area contributed by atoms with E-state index < -0.39 is 0 Å². The van der Waals surface area contributed by atoms with Crippen LogP contribution in [0.25, 0.3) is 20.1 Å². The number of aryl methyl sites for hydroxylation is 1. The lowest BCUT2D eigenvalue weighted by atomic mass is 10.2. The van der Waals surface area contributed by atoms with Gasteiger partial charge in [0.05, 0.1) is 20.0 Å². The van der Waals surface area contributed by atoms with Crippen molar-refractivity contribution < 1.29 is 4.79 Å². The largest absolute Gasteiger partial charge is 0.321 e. The van der Waals surface area contributed by atoms with Crippen molar-refractivity contribution in [2.45, 2.75) is 6.92 Å². The Morgan fingerprint density at radius 2 is 1.88 bits per heavy atom. The van der Waals surface area contributed by atoms with E-state index in [-0.39, 0.29) is 5.91 Å². The molecule has 4 rings (SSSR count). The van der Waals surface area contributed by atoms with E-state index in [1.54, 1.807) is 11.3 Å². The molecule has 0 atom stereocenters. The maximum Gasteiger partial charge on any atom is 0.265 e. The molecule has 0 bridgehead atoms. The highest BCUT2D eigenvalue weighted by atomic mass is 32.1. The second-order valence-corrected chi connectivity index (χ2v) is 7.59. The van der Waals surface area contributed by atoms with E-state index >= 15 is 0 Å². The van der Waals surface area contributed by atoms with Gasteiger partial charge in [0, 0.05) is 5.69 Å². The highest BCUT2D eigenvalue weighted by molar-refractivity contribution is 7.26. The third-order valence-electron chi connectivity index (χ3n) is 3.61. The van der Waals surface area contributed by atoms with Crippen LogP contribution in [0.3, 0.4) is 0 Å². The van der Waals surface area contributed by atoms with Crippen molar-refractivity contribution >= 4 is 44.5 Å². The minimum atomic E-state index is -0.0852. The van der Waals surface area contributed by atoms with Crippen LogP contribution in [0.1, 0.15) is 15.2 Å². The summed E-state index contributed by atoms with van der Waals surface area (Å²) in [4.78, 5) is 18.8. The van der Waals surface area contributed by atoms with Gasteiger partial charge in [0.25, 0.3) is 5.91 Å². The molecule has 1 amide bonds. The predicted molar refractivity (Wildman–Crippen MR) is 102 cm³/mol. The number of nitrogens with zero attached hydrogens (tertiary/aromatic N) is 1. The van der Waals surface area contributed by atoms with Crippen LogP contribution in [0.2, 0.25) is 0 Å². The molecule has 0 spiro atoms. The minimum absolute atomic E-state index is 0.0852. The van der Waals surface area contributed by atoms with Crippen molar-refractivity contribution in [2.75, 3.05) is 5.32 Å². The van der Waals surface area contributed by atoms with Crippen LogP contribution >= 0.6 is 22.7 Å². The molecule has 0 unspecified atom stereocenters. The first-order valence-electron chi connectivity index (χ1n) is 7.53. The number of para-hydroxylation sites is 1. The molecule has 118 valence electrons. The van der Waals surface area contributed by atoms with Crippen molar-refractivity contribution in [1.82, 2.24) is 4.98 Å². The van der Waals surface area contributed by atoms with Crippen LogP contribution in [0.4, 0.5) is 5.69 Å². The van der Waals surface area contributed by atoms with Crippen LogP contribution in [0, 0.1) is 6.92 Å². The summed E-state index contributed by atoms with van der Waals surface area (Å²) in [6, 6.07) is 19.7. The van der Waals surface area contributed by atoms with Gasteiger partial charge in [-0.1, -0.05) is 24.3 Å². The number of carbonyl (C=O) groups excluding carboxylic acids is 1. The molecule has 0 aliphatic heterocycles. The van der Waals surface area contributed by atoms with Crippen LogP contribution < -0.4 is 5.32 Å². The Balaban J connectivity index is 1.58. The van der Waals surface area contributed by atoms with E-state index in [9.17, 15) is 4.79 Å². The van der Waals surface area contributed by atoms with E-state index in [0.29, 0.717) is 4.88 Å². The van der Waals surface area contributed by atoms with Gasteiger partial charge in [-0.15, -0.1) is 22.7 Å². The van der Waals surface area contributed by atoms with Crippen LogP contribution in [0.15, 0.2) is 60.7 Å². The van der Waals surface area contributed by atoms with E-state index in [1.165, 1.54) is 11.3 Å². The SMILES string of the molecule is Cc1cccc(NC(=O)c2ccc(-c3nc4ccccc4s3)s2)c1. The third kappa shape index (κ3) is 2.96. The van der Waals surface area contributed by atoms with Crippen molar-refractivity contribution in [3.05, 3.63) is 71.1 Å². The summed E-state index contributed by atoms with van der Waals surface area (Å²) in [6.45, 7) is 2.01. The number of nitrogens with one attached hydrogen (secondary N) is 1. The predicted octanol–water partition coefficient (Wildman–Crippen LogP) is 5.59. The van der Waals surface area contributed by atoms with Crippen LogP contribution in [-0.2, 0) is 0 Å². The third-order valence-corrected chi connectivity index (χ3v) is 5.90. The number of anilines is 1. The molecule has 0 radical (unpaired) electrons. The fourth-order valence-corrected chi connectivity index (χ4v) is 4.39. The number of fused-ring (bicyclic) bond motifs is 1. The molecule has 3 nitrogen and oxygen atoms in total. The normalized spacial score (nSPS) is 10.9. The highest BCUT2D eigenvalue weighted by Crippen LogP contribution is 2.34. The maximum absolute atomic E-state index is 12.4. The molecule has 2 aromatic carbocycles. The Kier molecular flexibility index (Phi) is 3.88. The second kappa shape index (κ2) is 6.19. The first kappa shape index (κ1) is 15.1. The smallest absolute Gasteiger partial charge is 0.265 e. The van der Waals surface area contributed by atoms with Crippen molar-refractivity contribution in [3.63, 3.8) is 0 Å². The van der Waals surface area contributed by atoms with Crippen molar-refractivity contribution in [1.29, 1.82) is 0 Å². The lowest BCUT2D eigenvalue weighted by molar-refractivity contribution is 0.103. The molecule has 2 heterocycles. The number of hydrogen-bond donors (Lipinski definition) is 1. The molecule has 1 N–H and O–H groups in total. The van der Waals surface area contributed by atoms with E-state index in [4.69, 9.17) is 0 Å². The van der Waals surface area contributed by atoms with E-state index in [1.807, 2.05) is 61.5 Å². The first-order valence-corrected chi connectivity index (χ1v) is 9.16. The zero-order chi connectivity index (χ0) is 16.5. The second-order valence-electron chi connectivity index (χ2n) is 5.47. The van der Waals surface area contributed by atoms with Gasteiger partial charge in [0.1, 0.15) is 5.01 Å². The van der Waals surface area contributed by atoms with E-state index in [0.717, 1.165) is 31.4 Å². The number of amides is 1. The number of thiazole rings is 1. The summed E-state index contributed by atoms with van der Waals surface area (Å²) in [5.41, 5.74) is 2.93. The van der Waals surface area contributed by atoms with Gasteiger partial charge in [-0.2, -0.15) is 0 Å². The summed E-state index contributed by atoms with van der Waals surface area (Å²) in [6.07, 6.45) is 0. The molecule has 0 fully saturated rings. The van der Waals surface area contributed by atoms with Gasteiger partial charge in [-0.25, -0.2) is 4.98 Å². The summed E-state index contributed by atoms with van der Waals surface area (Å²) in [7, 11) is 0. The van der Waals surface area contributed by atoms with E-state index in [2.05, 4.69) is 16.4 Å². The molecule has 0 saturated heterocycles. The molecule has 0 saturated carbocycles. The van der Waals surface area contributed by atoms with Crippen LogP contribution in [0.5, 0.6) is 0 Å². The number of benzene rings is 2. The number of hydrogen-bond acceptors (Lipinski definition) is 4. The monoisotopic (exact) mass is 350 g/mol. The average Bonchev–Trinajstić information content (AvgIpc) is 3.21. The Bertz CT molecular complexity index is 999. The quantitative estimate of drug-likeness (QED) is 0.523. The van der Waals surface area contributed by atoms with Gasteiger partial charge >= 0.3 is 0 Å². The number of rotatable bonds is 3. The minimum Gasteiger partial charge on any atom is -0.321 e. The fourth-order valence-electron chi connectivity index (χ4n) is 2.47. The Labute approximate surface area is 147 Å².